The molecule has 1 saturated heterocycles. The van der Waals surface area contributed by atoms with E-state index in [0.29, 0.717) is 6.54 Å². The van der Waals surface area contributed by atoms with E-state index in [1.807, 2.05) is 42.5 Å². The normalized spacial score (nSPS) is 22.0. The van der Waals surface area contributed by atoms with Gasteiger partial charge in [0.1, 0.15) is 0 Å². The van der Waals surface area contributed by atoms with Gasteiger partial charge in [-0.15, -0.1) is 0 Å². The second kappa shape index (κ2) is 7.07. The van der Waals surface area contributed by atoms with Gasteiger partial charge in [0, 0.05) is 18.7 Å². The highest BCUT2D eigenvalue weighted by atomic mass is 16.5. The number of ether oxygens (including phenoxy) is 1. The van der Waals surface area contributed by atoms with Gasteiger partial charge in [-0.05, 0) is 25.0 Å². The fourth-order valence-corrected chi connectivity index (χ4v) is 3.19. The largest absolute Gasteiger partial charge is 0.373 e. The van der Waals surface area contributed by atoms with Crippen LogP contribution in [0.5, 0.6) is 0 Å². The SMILES string of the molecule is CC1CN(CC(=O)c2ccc(-c3ccccc3)cc2)CC(C)O1. The van der Waals surface area contributed by atoms with Crippen molar-refractivity contribution in [2.75, 3.05) is 19.6 Å². The first-order chi connectivity index (χ1) is 11.1. The summed E-state index contributed by atoms with van der Waals surface area (Å²) in [6.45, 7) is 6.21. The quantitative estimate of drug-likeness (QED) is 0.808. The lowest BCUT2D eigenvalue weighted by atomic mass is 10.0. The number of Topliss-reactive ketones (excluding diaryl/α,β-unsaturated/α-hetero) is 1. The van der Waals surface area contributed by atoms with E-state index in [1.165, 1.54) is 5.56 Å². The summed E-state index contributed by atoms with van der Waals surface area (Å²) >= 11 is 0. The molecule has 0 amide bonds. The number of carbonyl (C=O) groups is 1. The van der Waals surface area contributed by atoms with Crippen molar-refractivity contribution in [1.29, 1.82) is 0 Å². The van der Waals surface area contributed by atoms with E-state index >= 15 is 0 Å². The topological polar surface area (TPSA) is 29.5 Å². The summed E-state index contributed by atoms with van der Waals surface area (Å²) in [7, 11) is 0. The molecule has 0 radical (unpaired) electrons. The predicted molar refractivity (Wildman–Crippen MR) is 92.7 cm³/mol. The maximum absolute atomic E-state index is 12.5. The number of hydrogen-bond donors (Lipinski definition) is 0. The third-order valence-electron chi connectivity index (χ3n) is 4.18. The fourth-order valence-electron chi connectivity index (χ4n) is 3.19. The van der Waals surface area contributed by atoms with Crippen molar-refractivity contribution >= 4 is 5.78 Å². The highest BCUT2D eigenvalue weighted by Gasteiger charge is 2.23. The summed E-state index contributed by atoms with van der Waals surface area (Å²) < 4.78 is 5.72. The number of morpholine rings is 1. The molecule has 0 spiro atoms. The highest BCUT2D eigenvalue weighted by molar-refractivity contribution is 5.98. The van der Waals surface area contributed by atoms with E-state index in [-0.39, 0.29) is 18.0 Å². The molecule has 0 bridgehead atoms. The number of carbonyl (C=O) groups excluding carboxylic acids is 1. The second-order valence-electron chi connectivity index (χ2n) is 6.32. The zero-order valence-corrected chi connectivity index (χ0v) is 13.7. The Morgan fingerprint density at radius 1 is 0.957 bits per heavy atom. The highest BCUT2D eigenvalue weighted by Crippen LogP contribution is 2.20. The molecule has 1 aliphatic rings. The van der Waals surface area contributed by atoms with E-state index in [9.17, 15) is 4.79 Å². The molecule has 23 heavy (non-hydrogen) atoms. The van der Waals surface area contributed by atoms with Crippen molar-refractivity contribution in [2.24, 2.45) is 0 Å². The molecule has 0 N–H and O–H groups in total. The van der Waals surface area contributed by atoms with Crippen LogP contribution < -0.4 is 0 Å². The lowest BCUT2D eigenvalue weighted by Crippen LogP contribution is -2.47. The molecule has 2 atom stereocenters. The van der Waals surface area contributed by atoms with Crippen molar-refractivity contribution in [3.8, 4) is 11.1 Å². The van der Waals surface area contributed by atoms with Crippen LogP contribution in [0.4, 0.5) is 0 Å². The summed E-state index contributed by atoms with van der Waals surface area (Å²) in [6, 6.07) is 18.1. The smallest absolute Gasteiger partial charge is 0.176 e. The summed E-state index contributed by atoms with van der Waals surface area (Å²) in [5.41, 5.74) is 3.08. The van der Waals surface area contributed by atoms with Gasteiger partial charge >= 0.3 is 0 Å². The summed E-state index contributed by atoms with van der Waals surface area (Å²) in [5, 5.41) is 0. The van der Waals surface area contributed by atoms with Crippen LogP contribution in [-0.2, 0) is 4.74 Å². The standard InChI is InChI=1S/C20H23NO2/c1-15-12-21(13-16(2)23-15)14-20(22)19-10-8-18(9-11-19)17-6-4-3-5-7-17/h3-11,15-16H,12-14H2,1-2H3. The molecular formula is C20H23NO2. The molecule has 2 aromatic rings. The molecule has 1 heterocycles. The molecule has 3 rings (SSSR count). The van der Waals surface area contributed by atoms with Gasteiger partial charge in [-0.25, -0.2) is 0 Å². The zero-order chi connectivity index (χ0) is 16.2. The Balaban J connectivity index is 1.66. The first-order valence-electron chi connectivity index (χ1n) is 8.18. The van der Waals surface area contributed by atoms with Gasteiger partial charge in [0.2, 0.25) is 0 Å². The molecule has 3 nitrogen and oxygen atoms in total. The van der Waals surface area contributed by atoms with Crippen LogP contribution in [0, 0.1) is 0 Å². The van der Waals surface area contributed by atoms with Crippen LogP contribution in [0.3, 0.4) is 0 Å². The first-order valence-corrected chi connectivity index (χ1v) is 8.18. The minimum atomic E-state index is 0.172. The average molecular weight is 309 g/mol. The third-order valence-corrected chi connectivity index (χ3v) is 4.18. The molecule has 0 saturated carbocycles. The Labute approximate surface area is 137 Å². The van der Waals surface area contributed by atoms with E-state index in [0.717, 1.165) is 24.2 Å². The van der Waals surface area contributed by atoms with Gasteiger partial charge in [-0.2, -0.15) is 0 Å². The molecule has 1 aliphatic heterocycles. The molecule has 0 aliphatic carbocycles. The number of hydrogen-bond acceptors (Lipinski definition) is 3. The van der Waals surface area contributed by atoms with E-state index in [1.54, 1.807) is 0 Å². The maximum Gasteiger partial charge on any atom is 0.176 e. The minimum Gasteiger partial charge on any atom is -0.373 e. The maximum atomic E-state index is 12.5. The van der Waals surface area contributed by atoms with Crippen molar-refractivity contribution in [3.63, 3.8) is 0 Å². The summed E-state index contributed by atoms with van der Waals surface area (Å²) in [6.07, 6.45) is 0.374. The van der Waals surface area contributed by atoms with Gasteiger partial charge in [0.05, 0.1) is 18.8 Å². The van der Waals surface area contributed by atoms with Gasteiger partial charge in [-0.3, -0.25) is 9.69 Å². The molecule has 1 fully saturated rings. The predicted octanol–water partition coefficient (Wildman–Crippen LogP) is 3.65. The van der Waals surface area contributed by atoms with Crippen LogP contribution in [0.1, 0.15) is 24.2 Å². The number of rotatable bonds is 4. The van der Waals surface area contributed by atoms with Gasteiger partial charge in [0.15, 0.2) is 5.78 Å². The molecule has 120 valence electrons. The summed E-state index contributed by atoms with van der Waals surface area (Å²) in [5.74, 6) is 0.172. The Morgan fingerprint density at radius 2 is 1.52 bits per heavy atom. The Kier molecular flexibility index (Phi) is 4.89. The van der Waals surface area contributed by atoms with E-state index < -0.39 is 0 Å². The van der Waals surface area contributed by atoms with Crippen molar-refractivity contribution < 1.29 is 9.53 Å². The number of benzene rings is 2. The van der Waals surface area contributed by atoms with Gasteiger partial charge in [0.25, 0.3) is 0 Å². The second-order valence-corrected chi connectivity index (χ2v) is 6.32. The monoisotopic (exact) mass is 309 g/mol. The van der Waals surface area contributed by atoms with E-state index in [2.05, 4.69) is 30.9 Å². The fraction of sp³-hybridized carbons (Fsp3) is 0.350. The van der Waals surface area contributed by atoms with Crippen molar-refractivity contribution in [1.82, 2.24) is 4.90 Å². The van der Waals surface area contributed by atoms with Gasteiger partial charge in [-0.1, -0.05) is 54.6 Å². The lowest BCUT2D eigenvalue weighted by Gasteiger charge is -2.34. The first kappa shape index (κ1) is 15.9. The van der Waals surface area contributed by atoms with Crippen molar-refractivity contribution in [3.05, 3.63) is 60.2 Å². The number of ketones is 1. The molecule has 3 heteroatoms. The van der Waals surface area contributed by atoms with Crippen LogP contribution >= 0.6 is 0 Å². The summed E-state index contributed by atoms with van der Waals surface area (Å²) in [4.78, 5) is 14.7. The zero-order valence-electron chi connectivity index (χ0n) is 13.7. The Bertz CT molecular complexity index is 641. The number of nitrogens with zero attached hydrogens (tertiary/aromatic N) is 1. The van der Waals surface area contributed by atoms with Crippen LogP contribution in [0.15, 0.2) is 54.6 Å². The van der Waals surface area contributed by atoms with E-state index in [4.69, 9.17) is 4.74 Å². The molecule has 2 unspecified atom stereocenters. The third kappa shape index (κ3) is 4.06. The molecule has 2 aromatic carbocycles. The Morgan fingerprint density at radius 3 is 2.13 bits per heavy atom. The molecular weight excluding hydrogens is 286 g/mol. The minimum absolute atomic E-state index is 0.172. The van der Waals surface area contributed by atoms with Crippen LogP contribution in [-0.4, -0.2) is 42.5 Å². The van der Waals surface area contributed by atoms with Crippen molar-refractivity contribution in [2.45, 2.75) is 26.1 Å². The lowest BCUT2D eigenvalue weighted by molar-refractivity contribution is -0.0652. The van der Waals surface area contributed by atoms with Gasteiger partial charge < -0.3 is 4.74 Å². The van der Waals surface area contributed by atoms with Crippen LogP contribution in [0.25, 0.3) is 11.1 Å². The average Bonchev–Trinajstić information content (AvgIpc) is 2.55. The Hall–Kier alpha value is -1.97. The molecule has 0 aromatic heterocycles. The van der Waals surface area contributed by atoms with Crippen LogP contribution in [0.2, 0.25) is 0 Å².